The van der Waals surface area contributed by atoms with Crippen LogP contribution < -0.4 is 10.1 Å². The van der Waals surface area contributed by atoms with E-state index in [1.807, 2.05) is 6.20 Å². The van der Waals surface area contributed by atoms with Crippen molar-refractivity contribution in [1.29, 1.82) is 0 Å². The predicted molar refractivity (Wildman–Crippen MR) is 100.0 cm³/mol. The second-order valence-electron chi connectivity index (χ2n) is 7.28. The Bertz CT molecular complexity index is 667. The van der Waals surface area contributed by atoms with Gasteiger partial charge in [0.15, 0.2) is 0 Å². The lowest BCUT2D eigenvalue weighted by Gasteiger charge is -2.29. The fourth-order valence-electron chi connectivity index (χ4n) is 3.89. The summed E-state index contributed by atoms with van der Waals surface area (Å²) in [4.78, 5) is 6.98. The van der Waals surface area contributed by atoms with Crippen LogP contribution in [0.2, 0.25) is 0 Å². The Kier molecular flexibility index (Phi) is 5.04. The molecular weight excluding hydrogens is 312 g/mol. The summed E-state index contributed by atoms with van der Waals surface area (Å²) in [5, 5.41) is 3.43. The number of hydrogen-bond acceptors (Lipinski definition) is 4. The van der Waals surface area contributed by atoms with Crippen molar-refractivity contribution in [3.63, 3.8) is 0 Å². The quantitative estimate of drug-likeness (QED) is 0.929. The Morgan fingerprint density at radius 2 is 1.76 bits per heavy atom. The third-order valence-corrected chi connectivity index (χ3v) is 5.45. The average molecular weight is 340 g/mol. The van der Waals surface area contributed by atoms with E-state index in [2.05, 4.69) is 57.3 Å². The van der Waals surface area contributed by atoms with Gasteiger partial charge in [-0.25, -0.2) is 4.98 Å². The van der Waals surface area contributed by atoms with Gasteiger partial charge in [0.05, 0.1) is 0 Å². The highest BCUT2D eigenvalue weighted by atomic mass is 16.5. The molecule has 25 heavy (non-hydrogen) atoms. The normalized spacial score (nSPS) is 20.7. The van der Waals surface area contributed by atoms with Crippen molar-refractivity contribution in [2.24, 2.45) is 0 Å². The summed E-state index contributed by atoms with van der Waals surface area (Å²) < 4.78 is 8.50. The molecule has 0 amide bonds. The number of imidazole rings is 1. The lowest BCUT2D eigenvalue weighted by molar-refractivity contribution is 0.114. The van der Waals surface area contributed by atoms with Gasteiger partial charge in [0.2, 0.25) is 0 Å². The third kappa shape index (κ3) is 3.88. The van der Waals surface area contributed by atoms with Crippen LogP contribution in [-0.4, -0.2) is 53.8 Å². The Hall–Kier alpha value is -1.85. The van der Waals surface area contributed by atoms with Crippen LogP contribution in [-0.2, 0) is 0 Å². The number of nitrogens with zero attached hydrogens (tertiary/aromatic N) is 3. The van der Waals surface area contributed by atoms with Crippen LogP contribution in [0.15, 0.2) is 36.7 Å². The van der Waals surface area contributed by atoms with E-state index in [1.165, 1.54) is 18.4 Å². The predicted octanol–water partition coefficient (Wildman–Crippen LogP) is 2.95. The first kappa shape index (κ1) is 16.6. The number of hydrogen-bond donors (Lipinski definition) is 1. The maximum Gasteiger partial charge on any atom is 0.140 e. The van der Waals surface area contributed by atoms with Crippen molar-refractivity contribution in [2.75, 3.05) is 33.2 Å². The molecule has 0 atom stereocenters. The molecule has 0 unspecified atom stereocenters. The molecule has 0 spiro atoms. The van der Waals surface area contributed by atoms with Gasteiger partial charge in [-0.3, -0.25) is 0 Å². The highest BCUT2D eigenvalue weighted by Crippen LogP contribution is 2.28. The summed E-state index contributed by atoms with van der Waals surface area (Å²) in [7, 11) is 2.18. The van der Waals surface area contributed by atoms with Gasteiger partial charge in [-0.2, -0.15) is 0 Å². The van der Waals surface area contributed by atoms with Gasteiger partial charge in [-0.1, -0.05) is 0 Å². The third-order valence-electron chi connectivity index (χ3n) is 5.45. The highest BCUT2D eigenvalue weighted by molar-refractivity contribution is 5.57. The molecule has 1 aromatic carbocycles. The molecular formula is C20H28N4O. The Morgan fingerprint density at radius 3 is 2.48 bits per heavy atom. The molecule has 4 rings (SSSR count). The van der Waals surface area contributed by atoms with Crippen molar-refractivity contribution < 1.29 is 4.74 Å². The van der Waals surface area contributed by atoms with Crippen molar-refractivity contribution >= 4 is 0 Å². The number of nitrogens with one attached hydrogen (secondary N) is 1. The molecule has 5 nitrogen and oxygen atoms in total. The highest BCUT2D eigenvalue weighted by Gasteiger charge is 2.19. The molecule has 2 aliphatic rings. The molecule has 5 heteroatoms. The van der Waals surface area contributed by atoms with Gasteiger partial charge in [-0.05, 0) is 70.1 Å². The SMILES string of the molecule is CN1CCC(Oc2ccc(-c3nccn3C3CCNCC3)cc2)CC1. The standard InChI is InChI=1S/C20H28N4O/c1-23-13-8-19(9-14-23)25-18-4-2-16(3-5-18)20-22-12-15-24(20)17-6-10-21-11-7-17/h2-5,12,15,17,19,21H,6-11,13-14H2,1H3. The van der Waals surface area contributed by atoms with Crippen LogP contribution in [0.4, 0.5) is 0 Å². The van der Waals surface area contributed by atoms with Gasteiger partial charge in [0, 0.05) is 37.1 Å². The van der Waals surface area contributed by atoms with Gasteiger partial charge in [-0.15, -0.1) is 0 Å². The minimum absolute atomic E-state index is 0.346. The summed E-state index contributed by atoms with van der Waals surface area (Å²) in [5.74, 6) is 2.04. The minimum atomic E-state index is 0.346. The van der Waals surface area contributed by atoms with Crippen molar-refractivity contribution in [3.05, 3.63) is 36.7 Å². The van der Waals surface area contributed by atoms with E-state index < -0.39 is 0 Å². The second-order valence-corrected chi connectivity index (χ2v) is 7.28. The van der Waals surface area contributed by atoms with E-state index in [0.29, 0.717) is 12.1 Å². The van der Waals surface area contributed by atoms with Gasteiger partial charge >= 0.3 is 0 Å². The molecule has 134 valence electrons. The summed E-state index contributed by atoms with van der Waals surface area (Å²) in [5.41, 5.74) is 1.17. The number of rotatable bonds is 4. The first-order valence-corrected chi connectivity index (χ1v) is 9.49. The monoisotopic (exact) mass is 340 g/mol. The summed E-state index contributed by atoms with van der Waals surface area (Å²) in [6, 6.07) is 9.02. The Balaban J connectivity index is 1.45. The molecule has 1 N–H and O–H groups in total. The molecule has 0 saturated carbocycles. The molecule has 2 saturated heterocycles. The summed E-state index contributed by atoms with van der Waals surface area (Å²) >= 11 is 0. The first-order valence-electron chi connectivity index (χ1n) is 9.49. The van der Waals surface area contributed by atoms with Crippen LogP contribution in [0.25, 0.3) is 11.4 Å². The van der Waals surface area contributed by atoms with E-state index >= 15 is 0 Å². The topological polar surface area (TPSA) is 42.3 Å². The van der Waals surface area contributed by atoms with Crippen LogP contribution >= 0.6 is 0 Å². The molecule has 0 aliphatic carbocycles. The zero-order chi connectivity index (χ0) is 17.1. The first-order chi connectivity index (χ1) is 12.3. The maximum atomic E-state index is 6.16. The molecule has 1 aromatic heterocycles. The van der Waals surface area contributed by atoms with Gasteiger partial charge < -0.3 is 19.5 Å². The summed E-state index contributed by atoms with van der Waals surface area (Å²) in [6.45, 7) is 4.42. The summed E-state index contributed by atoms with van der Waals surface area (Å²) in [6.07, 6.45) is 8.94. The van der Waals surface area contributed by atoms with Crippen LogP contribution in [0.1, 0.15) is 31.7 Å². The smallest absolute Gasteiger partial charge is 0.140 e. The lowest BCUT2D eigenvalue weighted by atomic mass is 10.1. The van der Waals surface area contributed by atoms with E-state index in [0.717, 1.165) is 50.6 Å². The van der Waals surface area contributed by atoms with E-state index in [-0.39, 0.29) is 0 Å². The Morgan fingerprint density at radius 1 is 1.04 bits per heavy atom. The zero-order valence-electron chi connectivity index (χ0n) is 15.0. The number of aromatic nitrogens is 2. The molecule has 0 bridgehead atoms. The lowest BCUT2D eigenvalue weighted by Crippen LogP contribution is -2.35. The van der Waals surface area contributed by atoms with Crippen LogP contribution in [0.3, 0.4) is 0 Å². The van der Waals surface area contributed by atoms with Crippen molar-refractivity contribution in [2.45, 2.75) is 37.8 Å². The zero-order valence-corrected chi connectivity index (χ0v) is 15.0. The fraction of sp³-hybridized carbons (Fsp3) is 0.550. The van der Waals surface area contributed by atoms with Crippen molar-refractivity contribution in [3.8, 4) is 17.1 Å². The van der Waals surface area contributed by atoms with E-state index in [9.17, 15) is 0 Å². The number of piperidine rings is 2. The largest absolute Gasteiger partial charge is 0.490 e. The molecule has 0 radical (unpaired) electrons. The van der Waals surface area contributed by atoms with Crippen molar-refractivity contribution in [1.82, 2.24) is 19.8 Å². The van der Waals surface area contributed by atoms with Crippen LogP contribution in [0.5, 0.6) is 5.75 Å². The van der Waals surface area contributed by atoms with E-state index in [1.54, 1.807) is 0 Å². The number of ether oxygens (including phenoxy) is 1. The number of likely N-dealkylation sites (tertiary alicyclic amines) is 1. The Labute approximate surface area is 150 Å². The van der Waals surface area contributed by atoms with Gasteiger partial charge in [0.1, 0.15) is 17.7 Å². The average Bonchev–Trinajstić information content (AvgIpc) is 3.15. The molecule has 2 aromatic rings. The second kappa shape index (κ2) is 7.58. The van der Waals surface area contributed by atoms with E-state index in [4.69, 9.17) is 4.74 Å². The molecule has 2 fully saturated rings. The minimum Gasteiger partial charge on any atom is -0.490 e. The maximum absolute atomic E-state index is 6.16. The van der Waals surface area contributed by atoms with Crippen LogP contribution in [0, 0.1) is 0 Å². The fourth-order valence-corrected chi connectivity index (χ4v) is 3.89. The number of benzene rings is 1. The van der Waals surface area contributed by atoms with Gasteiger partial charge in [0.25, 0.3) is 0 Å². The molecule has 3 heterocycles. The molecule has 2 aliphatic heterocycles.